The van der Waals surface area contributed by atoms with E-state index < -0.39 is 5.41 Å². The number of aromatic nitrogens is 2. The zero-order valence-electron chi connectivity index (χ0n) is 17.3. The fourth-order valence-electron chi connectivity index (χ4n) is 6.21. The Balaban J connectivity index is 1.76. The molecule has 3 nitrogen and oxygen atoms in total. The Morgan fingerprint density at radius 2 is 1.75 bits per heavy atom. The third kappa shape index (κ3) is 2.55. The minimum atomic E-state index is -0.400. The highest BCUT2D eigenvalue weighted by molar-refractivity contribution is 6.01. The second kappa shape index (κ2) is 6.17. The van der Waals surface area contributed by atoms with E-state index in [1.54, 1.807) is 0 Å². The van der Waals surface area contributed by atoms with Gasteiger partial charge in [0.1, 0.15) is 0 Å². The number of carbonyl (C=O) groups is 1. The number of nitrogens with one attached hydrogen (secondary N) is 1. The number of H-pyrrole nitrogens is 1. The summed E-state index contributed by atoms with van der Waals surface area (Å²) >= 11 is 0. The first-order chi connectivity index (χ1) is 13.4. The van der Waals surface area contributed by atoms with Gasteiger partial charge in [-0.3, -0.25) is 9.89 Å². The molecule has 146 valence electrons. The van der Waals surface area contributed by atoms with E-state index in [-0.39, 0.29) is 5.41 Å². The topological polar surface area (TPSA) is 45.8 Å². The van der Waals surface area contributed by atoms with E-state index in [1.807, 2.05) is 0 Å². The van der Waals surface area contributed by atoms with Crippen molar-refractivity contribution in [2.75, 3.05) is 0 Å². The second-order valence-corrected chi connectivity index (χ2v) is 10.0. The molecule has 1 atom stereocenters. The van der Waals surface area contributed by atoms with Gasteiger partial charge in [-0.15, -0.1) is 0 Å². The summed E-state index contributed by atoms with van der Waals surface area (Å²) in [6.45, 7) is 6.72. The first-order valence-electron chi connectivity index (χ1n) is 10.8. The lowest BCUT2D eigenvalue weighted by molar-refractivity contribution is -0.118. The van der Waals surface area contributed by atoms with Crippen molar-refractivity contribution in [1.29, 1.82) is 0 Å². The molecular weight excluding hydrogens is 344 g/mol. The predicted molar refractivity (Wildman–Crippen MR) is 111 cm³/mol. The number of rotatable bonds is 2. The largest absolute Gasteiger partial charge is 0.294 e. The van der Waals surface area contributed by atoms with Crippen LogP contribution in [-0.4, -0.2) is 16.0 Å². The molecule has 2 aromatic rings. The minimum Gasteiger partial charge on any atom is -0.294 e. The summed E-state index contributed by atoms with van der Waals surface area (Å²) in [6.07, 6.45) is 7.49. The van der Waals surface area contributed by atoms with Crippen molar-refractivity contribution in [1.82, 2.24) is 10.2 Å². The number of hydrogen-bond acceptors (Lipinski definition) is 2. The first kappa shape index (κ1) is 17.9. The van der Waals surface area contributed by atoms with Gasteiger partial charge in [-0.25, -0.2) is 0 Å². The number of carbonyl (C=O) groups excluding carboxylic acids is 1. The molecule has 1 unspecified atom stereocenters. The van der Waals surface area contributed by atoms with Crippen molar-refractivity contribution in [2.45, 2.75) is 77.0 Å². The molecule has 0 bridgehead atoms. The van der Waals surface area contributed by atoms with Gasteiger partial charge >= 0.3 is 0 Å². The maximum atomic E-state index is 13.5. The summed E-state index contributed by atoms with van der Waals surface area (Å²) in [4.78, 5) is 13.5. The lowest BCUT2D eigenvalue weighted by atomic mass is 9.58. The van der Waals surface area contributed by atoms with Crippen LogP contribution in [0.4, 0.5) is 0 Å². The minimum absolute atomic E-state index is 0.0410. The molecule has 28 heavy (non-hydrogen) atoms. The van der Waals surface area contributed by atoms with E-state index in [2.05, 4.69) is 56.2 Å². The second-order valence-electron chi connectivity index (χ2n) is 10.0. The van der Waals surface area contributed by atoms with Crippen molar-refractivity contribution in [3.8, 4) is 0 Å². The lowest BCUT2D eigenvalue weighted by Gasteiger charge is -2.44. The number of benzene rings is 1. The van der Waals surface area contributed by atoms with Gasteiger partial charge < -0.3 is 0 Å². The van der Waals surface area contributed by atoms with Gasteiger partial charge in [-0.05, 0) is 37.2 Å². The number of nitrogens with zero attached hydrogens (tertiary/aromatic N) is 1. The van der Waals surface area contributed by atoms with Crippen LogP contribution in [0.25, 0.3) is 0 Å². The van der Waals surface area contributed by atoms with Gasteiger partial charge in [0.05, 0.1) is 5.69 Å². The molecular formula is C25H30N2O. The summed E-state index contributed by atoms with van der Waals surface area (Å²) < 4.78 is 0. The lowest BCUT2D eigenvalue weighted by Crippen LogP contribution is -2.41. The Labute approximate surface area is 167 Å². The van der Waals surface area contributed by atoms with Crippen LogP contribution < -0.4 is 0 Å². The van der Waals surface area contributed by atoms with E-state index in [1.165, 1.54) is 53.8 Å². The molecule has 1 aromatic carbocycles. The van der Waals surface area contributed by atoms with E-state index in [9.17, 15) is 4.79 Å². The molecule has 3 heteroatoms. The molecule has 1 fully saturated rings. The molecule has 0 aliphatic heterocycles. The van der Waals surface area contributed by atoms with Crippen LogP contribution in [0, 0.1) is 5.41 Å². The van der Waals surface area contributed by atoms with Gasteiger partial charge in [0, 0.05) is 41.0 Å². The van der Waals surface area contributed by atoms with Crippen molar-refractivity contribution in [3.63, 3.8) is 0 Å². The standard InChI is InChI=1S/C25H30N2O/c1-24(2)14-17-13-19-22(23(27-26-19)16-9-7-8-10-16)25(3,21(17)20(28)15-24)18-11-5-4-6-12-18/h4-6,11-12,16H,7-10,13-15H2,1-3H3,(H,26,27). The Hall–Kier alpha value is -2.16. The van der Waals surface area contributed by atoms with Gasteiger partial charge in [0.15, 0.2) is 5.78 Å². The summed E-state index contributed by atoms with van der Waals surface area (Å²) in [7, 11) is 0. The highest BCUT2D eigenvalue weighted by Crippen LogP contribution is 2.54. The summed E-state index contributed by atoms with van der Waals surface area (Å²) in [5.74, 6) is 0.863. The van der Waals surface area contributed by atoms with Crippen molar-refractivity contribution >= 4 is 5.78 Å². The summed E-state index contributed by atoms with van der Waals surface area (Å²) in [5.41, 5.74) is 7.00. The Kier molecular flexibility index (Phi) is 3.94. The maximum Gasteiger partial charge on any atom is 0.160 e. The molecule has 5 rings (SSSR count). The Bertz CT molecular complexity index is 960. The van der Waals surface area contributed by atoms with Crippen LogP contribution in [0.1, 0.15) is 87.7 Å². The van der Waals surface area contributed by atoms with Crippen molar-refractivity contribution in [2.24, 2.45) is 5.41 Å². The first-order valence-corrected chi connectivity index (χ1v) is 10.8. The molecule has 3 aliphatic carbocycles. The molecule has 1 N–H and O–H groups in total. The molecule has 1 saturated carbocycles. The maximum absolute atomic E-state index is 13.5. The average molecular weight is 375 g/mol. The number of hydrogen-bond donors (Lipinski definition) is 1. The normalized spacial score (nSPS) is 27.0. The van der Waals surface area contributed by atoms with Crippen LogP contribution in [0.3, 0.4) is 0 Å². The van der Waals surface area contributed by atoms with E-state index >= 15 is 0 Å². The molecule has 0 amide bonds. The fourth-order valence-corrected chi connectivity index (χ4v) is 6.21. The Morgan fingerprint density at radius 1 is 1.04 bits per heavy atom. The predicted octanol–water partition coefficient (Wildman–Crippen LogP) is 5.62. The Morgan fingerprint density at radius 3 is 2.46 bits per heavy atom. The van der Waals surface area contributed by atoms with E-state index in [0.717, 1.165) is 18.4 Å². The van der Waals surface area contributed by atoms with Crippen molar-refractivity contribution in [3.05, 3.63) is 64.0 Å². The highest BCUT2D eigenvalue weighted by Gasteiger charge is 2.49. The van der Waals surface area contributed by atoms with Crippen LogP contribution in [0.2, 0.25) is 0 Å². The molecule has 0 radical (unpaired) electrons. The highest BCUT2D eigenvalue weighted by atomic mass is 16.1. The number of ketones is 1. The van der Waals surface area contributed by atoms with Gasteiger partial charge in [0.25, 0.3) is 0 Å². The smallest absolute Gasteiger partial charge is 0.160 e. The van der Waals surface area contributed by atoms with Gasteiger partial charge in [0.2, 0.25) is 0 Å². The molecule has 0 saturated heterocycles. The molecule has 1 aromatic heterocycles. The van der Waals surface area contributed by atoms with Crippen LogP contribution in [-0.2, 0) is 16.6 Å². The molecule has 0 spiro atoms. The van der Waals surface area contributed by atoms with Crippen molar-refractivity contribution < 1.29 is 4.79 Å². The SMILES string of the molecule is CC1(C)CC(=O)C2=C(Cc3[nH]nc(C4CCCC4)c3C2(C)c2ccccc2)C1. The van der Waals surface area contributed by atoms with E-state index in [0.29, 0.717) is 18.1 Å². The fraction of sp³-hybridized carbons (Fsp3) is 0.520. The number of aromatic amines is 1. The van der Waals surface area contributed by atoms with Gasteiger partial charge in [-0.2, -0.15) is 5.10 Å². The third-order valence-corrected chi connectivity index (χ3v) is 7.32. The monoisotopic (exact) mass is 374 g/mol. The van der Waals surface area contributed by atoms with Crippen LogP contribution in [0.15, 0.2) is 41.5 Å². The average Bonchev–Trinajstić information content (AvgIpc) is 3.30. The van der Waals surface area contributed by atoms with E-state index in [4.69, 9.17) is 5.10 Å². The third-order valence-electron chi connectivity index (χ3n) is 7.32. The van der Waals surface area contributed by atoms with Gasteiger partial charge in [-0.1, -0.05) is 62.6 Å². The zero-order valence-corrected chi connectivity index (χ0v) is 17.3. The quantitative estimate of drug-likeness (QED) is 0.742. The summed E-state index contributed by atoms with van der Waals surface area (Å²) in [6, 6.07) is 10.6. The zero-order chi connectivity index (χ0) is 19.5. The molecule has 1 heterocycles. The van der Waals surface area contributed by atoms with Crippen LogP contribution in [0.5, 0.6) is 0 Å². The molecule has 3 aliphatic rings. The number of fused-ring (bicyclic) bond motifs is 1. The van der Waals surface area contributed by atoms with Crippen LogP contribution >= 0.6 is 0 Å². The number of Topliss-reactive ketones (excluding diaryl/α,β-unsaturated/α-hetero) is 1. The summed E-state index contributed by atoms with van der Waals surface area (Å²) in [5, 5.41) is 8.26. The number of allylic oxidation sites excluding steroid dienone is 2.